The summed E-state index contributed by atoms with van der Waals surface area (Å²) in [5.74, 6) is 1.31. The molecule has 1 heterocycles. The monoisotopic (exact) mass is 556 g/mol. The molecule has 1 N–H and O–H groups in total. The van der Waals surface area contributed by atoms with Gasteiger partial charge in [0.05, 0.1) is 6.04 Å². The number of nitrogens with zero attached hydrogens (tertiary/aromatic N) is 1. The predicted molar refractivity (Wildman–Crippen MR) is 162 cm³/mol. The van der Waals surface area contributed by atoms with Crippen LogP contribution in [-0.4, -0.2) is 22.9 Å². The first-order valence-corrected chi connectivity index (χ1v) is 14.4. The van der Waals surface area contributed by atoms with Crippen molar-refractivity contribution < 1.29 is 14.3 Å². The van der Waals surface area contributed by atoms with E-state index in [0.29, 0.717) is 34.7 Å². The highest BCUT2D eigenvalue weighted by Gasteiger charge is 2.32. The van der Waals surface area contributed by atoms with Crippen LogP contribution in [0, 0.1) is 19.8 Å². The summed E-state index contributed by atoms with van der Waals surface area (Å²) in [6.45, 7) is 11.1. The molecule has 1 amide bonds. The van der Waals surface area contributed by atoms with E-state index in [0.717, 1.165) is 52.4 Å². The molecular formula is C34H37ClN2O3. The van der Waals surface area contributed by atoms with E-state index in [2.05, 4.69) is 61.8 Å². The summed E-state index contributed by atoms with van der Waals surface area (Å²) >= 11 is 6.60. The van der Waals surface area contributed by atoms with Gasteiger partial charge in [-0.25, -0.2) is 0 Å². The van der Waals surface area contributed by atoms with Crippen molar-refractivity contribution in [2.24, 2.45) is 5.92 Å². The molecule has 1 aliphatic rings. The molecule has 0 spiro atoms. The van der Waals surface area contributed by atoms with Crippen molar-refractivity contribution in [1.29, 1.82) is 0 Å². The lowest BCUT2D eigenvalue weighted by atomic mass is 9.98. The Morgan fingerprint density at radius 3 is 2.50 bits per heavy atom. The summed E-state index contributed by atoms with van der Waals surface area (Å²) in [7, 11) is 0. The van der Waals surface area contributed by atoms with E-state index in [1.807, 2.05) is 43.3 Å². The fourth-order valence-electron chi connectivity index (χ4n) is 5.28. The number of amides is 1. The Bertz CT molecular complexity index is 1570. The second kappa shape index (κ2) is 11.5. The molecule has 6 heteroatoms. The molecule has 2 atom stereocenters. The van der Waals surface area contributed by atoms with E-state index in [1.165, 1.54) is 5.56 Å². The number of aldehydes is 1. The van der Waals surface area contributed by atoms with Crippen molar-refractivity contribution in [2.45, 2.75) is 72.1 Å². The second-order valence-electron chi connectivity index (χ2n) is 11.4. The molecule has 1 fully saturated rings. The Morgan fingerprint density at radius 2 is 1.80 bits per heavy atom. The van der Waals surface area contributed by atoms with Crippen LogP contribution in [0.5, 0.6) is 5.75 Å². The Balaban J connectivity index is 1.38. The third kappa shape index (κ3) is 5.80. The number of carbonyl (C=O) groups excluding carboxylic acids is 2. The third-order valence-electron chi connectivity index (χ3n) is 8.16. The number of nitrogens with one attached hydrogen (secondary N) is 1. The number of ether oxygens (including phenoxy) is 1. The number of halogens is 1. The molecule has 0 unspecified atom stereocenters. The average molecular weight is 557 g/mol. The summed E-state index contributed by atoms with van der Waals surface area (Å²) in [5, 5.41) is 4.85. The van der Waals surface area contributed by atoms with Crippen LogP contribution in [0.4, 0.5) is 0 Å². The molecule has 5 nitrogen and oxygen atoms in total. The van der Waals surface area contributed by atoms with Gasteiger partial charge in [-0.15, -0.1) is 0 Å². The van der Waals surface area contributed by atoms with Gasteiger partial charge in [0.1, 0.15) is 5.75 Å². The molecule has 208 valence electrons. The maximum atomic E-state index is 13.3. The van der Waals surface area contributed by atoms with E-state index >= 15 is 0 Å². The van der Waals surface area contributed by atoms with Gasteiger partial charge < -0.3 is 14.6 Å². The predicted octanol–water partition coefficient (Wildman–Crippen LogP) is 7.93. The number of carbonyl (C=O) groups is 2. The number of aryl methyl sites for hydroxylation is 1. The van der Waals surface area contributed by atoms with Gasteiger partial charge in [0.15, 0.2) is 12.4 Å². The fourth-order valence-corrected chi connectivity index (χ4v) is 5.46. The molecule has 3 aromatic carbocycles. The molecule has 1 aromatic heterocycles. The maximum Gasteiger partial charge on any atom is 0.251 e. The van der Waals surface area contributed by atoms with Gasteiger partial charge in [0.2, 0.25) is 0 Å². The third-order valence-corrected chi connectivity index (χ3v) is 8.53. The molecule has 0 radical (unpaired) electrons. The second-order valence-corrected chi connectivity index (χ2v) is 11.8. The molecular weight excluding hydrogens is 520 g/mol. The molecule has 40 heavy (non-hydrogen) atoms. The van der Waals surface area contributed by atoms with E-state index in [4.69, 9.17) is 16.3 Å². The summed E-state index contributed by atoms with van der Waals surface area (Å²) in [6, 6.07) is 19.8. The molecule has 1 aliphatic carbocycles. The first-order valence-electron chi connectivity index (χ1n) is 14.1. The SMILES string of the molecule is Cc1c(C)n(Cc2cc(O[C@@H](C=O)C3CC3)ccc2Cl)c2ccc(C(=O)N[C@@H](C)c3cccc(C(C)C)c3)cc12. The van der Waals surface area contributed by atoms with Crippen molar-refractivity contribution in [2.75, 3.05) is 0 Å². The summed E-state index contributed by atoms with van der Waals surface area (Å²) in [5.41, 5.74) is 7.18. The summed E-state index contributed by atoms with van der Waals surface area (Å²) in [4.78, 5) is 24.7. The van der Waals surface area contributed by atoms with Gasteiger partial charge >= 0.3 is 0 Å². The number of rotatable bonds is 10. The van der Waals surface area contributed by atoms with Crippen molar-refractivity contribution in [1.82, 2.24) is 9.88 Å². The Morgan fingerprint density at radius 1 is 1.05 bits per heavy atom. The minimum Gasteiger partial charge on any atom is -0.483 e. The minimum absolute atomic E-state index is 0.0950. The number of hydrogen-bond acceptors (Lipinski definition) is 3. The van der Waals surface area contributed by atoms with Gasteiger partial charge in [-0.3, -0.25) is 9.59 Å². The normalized spacial score (nSPS) is 14.8. The molecule has 0 aliphatic heterocycles. The summed E-state index contributed by atoms with van der Waals surface area (Å²) < 4.78 is 8.20. The smallest absolute Gasteiger partial charge is 0.251 e. The Kier molecular flexibility index (Phi) is 8.04. The van der Waals surface area contributed by atoms with Gasteiger partial charge in [-0.2, -0.15) is 0 Å². The van der Waals surface area contributed by atoms with E-state index in [1.54, 1.807) is 0 Å². The van der Waals surface area contributed by atoms with Gasteiger partial charge in [-0.1, -0.05) is 49.7 Å². The fraction of sp³-hybridized carbons (Fsp3) is 0.353. The first kappa shape index (κ1) is 28.0. The zero-order valence-corrected chi connectivity index (χ0v) is 24.6. The molecule has 0 bridgehead atoms. The molecule has 4 aromatic rings. The molecule has 1 saturated carbocycles. The van der Waals surface area contributed by atoms with Crippen LogP contribution in [0.3, 0.4) is 0 Å². The zero-order valence-electron chi connectivity index (χ0n) is 23.8. The number of hydrogen-bond donors (Lipinski definition) is 1. The lowest BCUT2D eigenvalue weighted by Crippen LogP contribution is -2.26. The highest BCUT2D eigenvalue weighted by Crippen LogP contribution is 2.35. The lowest BCUT2D eigenvalue weighted by molar-refractivity contribution is -0.114. The highest BCUT2D eigenvalue weighted by atomic mass is 35.5. The first-order chi connectivity index (χ1) is 19.2. The van der Waals surface area contributed by atoms with Crippen LogP contribution < -0.4 is 10.1 Å². The van der Waals surface area contributed by atoms with Crippen molar-refractivity contribution in [3.05, 3.63) is 99.2 Å². The van der Waals surface area contributed by atoms with Crippen LogP contribution in [0.25, 0.3) is 10.9 Å². The largest absolute Gasteiger partial charge is 0.483 e. The van der Waals surface area contributed by atoms with E-state index in [9.17, 15) is 9.59 Å². The number of benzene rings is 3. The summed E-state index contributed by atoms with van der Waals surface area (Å²) in [6.07, 6.45) is 2.55. The van der Waals surface area contributed by atoms with Gasteiger partial charge in [-0.05, 0) is 98.2 Å². The quantitative estimate of drug-likeness (QED) is 0.202. The molecule has 0 saturated heterocycles. The van der Waals surface area contributed by atoms with Crippen LogP contribution in [0.15, 0.2) is 60.7 Å². The Labute approximate surface area is 241 Å². The standard InChI is InChI=1S/C34H37ClN2O3/c1-20(2)25-7-6-8-26(15-25)22(4)36-34(39)27-11-14-32-30(17-27)21(3)23(5)37(32)18-28-16-29(12-13-31(28)35)40-33(19-38)24-9-10-24/h6-8,11-17,19-20,22,24,33H,9-10,18H2,1-5H3,(H,36,39)/t22-,33-/m0/s1. The topological polar surface area (TPSA) is 60.3 Å². The van der Waals surface area contributed by atoms with Crippen LogP contribution in [0.1, 0.15) is 83.9 Å². The van der Waals surface area contributed by atoms with Crippen molar-refractivity contribution in [3.8, 4) is 5.75 Å². The van der Waals surface area contributed by atoms with Gasteiger partial charge in [0, 0.05) is 39.6 Å². The lowest BCUT2D eigenvalue weighted by Gasteiger charge is -2.17. The van der Waals surface area contributed by atoms with Gasteiger partial charge in [0.25, 0.3) is 5.91 Å². The Hall–Kier alpha value is -3.57. The van der Waals surface area contributed by atoms with Crippen LogP contribution in [0.2, 0.25) is 5.02 Å². The van der Waals surface area contributed by atoms with E-state index < -0.39 is 6.10 Å². The maximum absolute atomic E-state index is 13.3. The zero-order chi connectivity index (χ0) is 28.6. The number of aromatic nitrogens is 1. The molecule has 5 rings (SSSR count). The van der Waals surface area contributed by atoms with Crippen molar-refractivity contribution >= 4 is 34.7 Å². The van der Waals surface area contributed by atoms with Crippen molar-refractivity contribution in [3.63, 3.8) is 0 Å². The van der Waals surface area contributed by atoms with Crippen LogP contribution >= 0.6 is 11.6 Å². The average Bonchev–Trinajstić information content (AvgIpc) is 3.77. The number of fused-ring (bicyclic) bond motifs is 1. The van der Waals surface area contributed by atoms with Crippen LogP contribution in [-0.2, 0) is 11.3 Å². The highest BCUT2D eigenvalue weighted by molar-refractivity contribution is 6.31. The minimum atomic E-state index is -0.406. The van der Waals surface area contributed by atoms with E-state index in [-0.39, 0.29) is 11.9 Å².